The van der Waals surface area contributed by atoms with E-state index >= 15 is 0 Å². The van der Waals surface area contributed by atoms with Crippen molar-refractivity contribution < 1.29 is 14.4 Å². The van der Waals surface area contributed by atoms with Gasteiger partial charge in [-0.15, -0.1) is 0 Å². The van der Waals surface area contributed by atoms with E-state index < -0.39 is 17.6 Å². The molecule has 2 rings (SSSR count). The van der Waals surface area contributed by atoms with E-state index in [-0.39, 0.29) is 11.1 Å². The molecule has 1 aromatic rings. The van der Waals surface area contributed by atoms with Crippen molar-refractivity contribution in [2.45, 2.75) is 0 Å². The number of carbonyl (C=O) groups excluding carboxylic acids is 3. The quantitative estimate of drug-likeness (QED) is 0.505. The van der Waals surface area contributed by atoms with Gasteiger partial charge in [-0.05, 0) is 12.1 Å². The number of ketones is 1. The zero-order valence-electron chi connectivity index (χ0n) is 7.96. The van der Waals surface area contributed by atoms with Gasteiger partial charge in [-0.25, -0.2) is 0 Å². The summed E-state index contributed by atoms with van der Waals surface area (Å²) in [5.41, 5.74) is 0.908. The Bertz CT molecular complexity index is 480. The van der Waals surface area contributed by atoms with Crippen molar-refractivity contribution in [2.75, 3.05) is 12.4 Å². The van der Waals surface area contributed by atoms with Crippen LogP contribution >= 0.6 is 0 Å². The minimum Gasteiger partial charge on any atom is -0.387 e. The normalized spacial score (nSPS) is 14.6. The Morgan fingerprint density at radius 3 is 2.53 bits per heavy atom. The van der Waals surface area contributed by atoms with Gasteiger partial charge in [0, 0.05) is 18.3 Å². The van der Waals surface area contributed by atoms with Crippen LogP contribution in [0.3, 0.4) is 0 Å². The van der Waals surface area contributed by atoms with Crippen molar-refractivity contribution in [2.24, 2.45) is 0 Å². The fourth-order valence-electron chi connectivity index (χ4n) is 1.54. The van der Waals surface area contributed by atoms with Crippen molar-refractivity contribution in [3.05, 3.63) is 29.3 Å². The molecule has 0 bridgehead atoms. The topological polar surface area (TPSA) is 75.3 Å². The number of imide groups is 1. The molecule has 15 heavy (non-hydrogen) atoms. The SMILES string of the molecule is CNc1cccc2c1C(=O)NC(=O)C2=O. The highest BCUT2D eigenvalue weighted by molar-refractivity contribution is 6.49. The van der Waals surface area contributed by atoms with Crippen LogP contribution in [0, 0.1) is 0 Å². The highest BCUT2D eigenvalue weighted by atomic mass is 16.2. The molecule has 5 heteroatoms. The van der Waals surface area contributed by atoms with Gasteiger partial charge < -0.3 is 5.32 Å². The zero-order chi connectivity index (χ0) is 11.0. The van der Waals surface area contributed by atoms with Gasteiger partial charge in [0.25, 0.3) is 17.6 Å². The smallest absolute Gasteiger partial charge is 0.299 e. The van der Waals surface area contributed by atoms with Gasteiger partial charge in [0.1, 0.15) is 0 Å². The summed E-state index contributed by atoms with van der Waals surface area (Å²) in [5, 5.41) is 4.79. The van der Waals surface area contributed by atoms with Crippen molar-refractivity contribution in [1.82, 2.24) is 5.32 Å². The highest BCUT2D eigenvalue weighted by Gasteiger charge is 2.31. The molecule has 2 N–H and O–H groups in total. The van der Waals surface area contributed by atoms with Crippen molar-refractivity contribution >= 4 is 23.3 Å². The molecule has 0 saturated carbocycles. The molecule has 0 saturated heterocycles. The summed E-state index contributed by atoms with van der Waals surface area (Å²) in [5.74, 6) is -2.10. The number of benzene rings is 1. The van der Waals surface area contributed by atoms with E-state index in [4.69, 9.17) is 0 Å². The summed E-state index contributed by atoms with van der Waals surface area (Å²) in [6.45, 7) is 0. The molecular weight excluding hydrogens is 196 g/mol. The van der Waals surface area contributed by atoms with Gasteiger partial charge in [0.05, 0.1) is 5.56 Å². The number of Topliss-reactive ketones (excluding diaryl/α,β-unsaturated/α-hetero) is 1. The molecule has 1 heterocycles. The fourth-order valence-corrected chi connectivity index (χ4v) is 1.54. The predicted molar refractivity (Wildman–Crippen MR) is 52.8 cm³/mol. The molecule has 0 spiro atoms. The Morgan fingerprint density at radius 2 is 1.87 bits per heavy atom. The lowest BCUT2D eigenvalue weighted by Gasteiger charge is -2.16. The Balaban J connectivity index is 2.70. The first-order valence-corrected chi connectivity index (χ1v) is 4.36. The van der Waals surface area contributed by atoms with Crippen LogP contribution in [0.25, 0.3) is 0 Å². The molecule has 1 aliphatic heterocycles. The lowest BCUT2D eigenvalue weighted by molar-refractivity contribution is -0.116. The molecule has 1 aromatic carbocycles. The second-order valence-corrected chi connectivity index (χ2v) is 3.09. The molecule has 0 atom stereocenters. The third-order valence-electron chi connectivity index (χ3n) is 2.24. The van der Waals surface area contributed by atoms with Crippen LogP contribution in [-0.2, 0) is 4.79 Å². The predicted octanol–water partition coefficient (Wildman–Crippen LogP) is 0.181. The molecule has 76 valence electrons. The molecule has 5 nitrogen and oxygen atoms in total. The molecule has 0 aliphatic carbocycles. The maximum atomic E-state index is 11.5. The Hall–Kier alpha value is -2.17. The molecule has 0 aromatic heterocycles. The maximum Gasteiger partial charge on any atom is 0.299 e. The van der Waals surface area contributed by atoms with Gasteiger partial charge in [-0.3, -0.25) is 19.7 Å². The molecule has 0 unspecified atom stereocenters. The lowest BCUT2D eigenvalue weighted by Crippen LogP contribution is -2.42. The van der Waals surface area contributed by atoms with Crippen LogP contribution < -0.4 is 10.6 Å². The van der Waals surface area contributed by atoms with E-state index in [1.807, 2.05) is 5.32 Å². The second-order valence-electron chi connectivity index (χ2n) is 3.09. The van der Waals surface area contributed by atoms with E-state index in [1.54, 1.807) is 19.2 Å². The average Bonchev–Trinajstić information content (AvgIpc) is 2.25. The standard InChI is InChI=1S/C10H8N2O3/c1-11-6-4-2-3-5-7(6)9(14)12-10(15)8(5)13/h2-4,11H,1H3,(H,12,14,15). The number of amides is 2. The monoisotopic (exact) mass is 204 g/mol. The van der Waals surface area contributed by atoms with Gasteiger partial charge >= 0.3 is 0 Å². The van der Waals surface area contributed by atoms with E-state index in [0.29, 0.717) is 5.69 Å². The number of nitrogens with one attached hydrogen (secondary N) is 2. The van der Waals surface area contributed by atoms with E-state index in [0.717, 1.165) is 0 Å². The average molecular weight is 204 g/mol. The van der Waals surface area contributed by atoms with Crippen LogP contribution in [-0.4, -0.2) is 24.6 Å². The first-order valence-electron chi connectivity index (χ1n) is 4.36. The third-order valence-corrected chi connectivity index (χ3v) is 2.24. The van der Waals surface area contributed by atoms with Crippen molar-refractivity contribution in [3.8, 4) is 0 Å². The number of carbonyl (C=O) groups is 3. The van der Waals surface area contributed by atoms with Crippen molar-refractivity contribution in [3.63, 3.8) is 0 Å². The molecular formula is C10H8N2O3. The summed E-state index contributed by atoms with van der Waals surface area (Å²) >= 11 is 0. The molecule has 0 fully saturated rings. The number of hydrogen-bond donors (Lipinski definition) is 2. The van der Waals surface area contributed by atoms with Crippen molar-refractivity contribution in [1.29, 1.82) is 0 Å². The van der Waals surface area contributed by atoms with Gasteiger partial charge in [-0.1, -0.05) is 6.07 Å². The van der Waals surface area contributed by atoms with Crippen LogP contribution in [0.4, 0.5) is 5.69 Å². The third kappa shape index (κ3) is 1.28. The largest absolute Gasteiger partial charge is 0.387 e. The lowest BCUT2D eigenvalue weighted by atomic mass is 9.97. The van der Waals surface area contributed by atoms with Gasteiger partial charge in [0.2, 0.25) is 0 Å². The molecule has 0 radical (unpaired) electrons. The van der Waals surface area contributed by atoms with Gasteiger partial charge in [-0.2, -0.15) is 0 Å². The summed E-state index contributed by atoms with van der Waals surface area (Å²) < 4.78 is 0. The van der Waals surface area contributed by atoms with E-state index in [1.165, 1.54) is 6.07 Å². The summed E-state index contributed by atoms with van der Waals surface area (Å²) in [6.07, 6.45) is 0. The number of anilines is 1. The fraction of sp³-hybridized carbons (Fsp3) is 0.100. The first kappa shape index (κ1) is 9.39. The summed E-state index contributed by atoms with van der Waals surface area (Å²) in [7, 11) is 1.64. The van der Waals surface area contributed by atoms with E-state index in [2.05, 4.69) is 5.32 Å². The molecule has 1 aliphatic rings. The minimum absolute atomic E-state index is 0.149. The Kier molecular flexibility index (Phi) is 2.00. The van der Waals surface area contributed by atoms with Crippen LogP contribution in [0.2, 0.25) is 0 Å². The zero-order valence-corrected chi connectivity index (χ0v) is 7.96. The number of fused-ring (bicyclic) bond motifs is 1. The van der Waals surface area contributed by atoms with Gasteiger partial charge in [0.15, 0.2) is 0 Å². The molecule has 2 amide bonds. The minimum atomic E-state index is -0.874. The summed E-state index contributed by atoms with van der Waals surface area (Å²) in [4.78, 5) is 34.0. The first-order chi connectivity index (χ1) is 7.15. The van der Waals surface area contributed by atoms with Crippen LogP contribution in [0.15, 0.2) is 18.2 Å². The highest BCUT2D eigenvalue weighted by Crippen LogP contribution is 2.22. The number of rotatable bonds is 1. The maximum absolute atomic E-state index is 11.5. The van der Waals surface area contributed by atoms with E-state index in [9.17, 15) is 14.4 Å². The summed E-state index contributed by atoms with van der Waals surface area (Å²) in [6, 6.07) is 4.76. The Morgan fingerprint density at radius 1 is 1.13 bits per heavy atom. The Labute approximate surface area is 85.5 Å². The second kappa shape index (κ2) is 3.20. The van der Waals surface area contributed by atoms with Crippen LogP contribution in [0.1, 0.15) is 20.7 Å². The van der Waals surface area contributed by atoms with Crippen LogP contribution in [0.5, 0.6) is 0 Å². The number of hydrogen-bond acceptors (Lipinski definition) is 4.